The van der Waals surface area contributed by atoms with E-state index < -0.39 is 23.6 Å². The molecule has 1 N–H and O–H groups in total. The Morgan fingerprint density at radius 1 is 1.19 bits per heavy atom. The summed E-state index contributed by atoms with van der Waals surface area (Å²) in [5.74, 6) is -0.946. The van der Waals surface area contributed by atoms with Crippen molar-refractivity contribution in [3.8, 4) is 0 Å². The van der Waals surface area contributed by atoms with Crippen molar-refractivity contribution in [3.05, 3.63) is 35.4 Å². The highest BCUT2D eigenvalue weighted by Crippen LogP contribution is 2.17. The molecule has 0 aliphatic rings. The maximum atomic E-state index is 11.9. The molecule has 5 heteroatoms. The van der Waals surface area contributed by atoms with Crippen molar-refractivity contribution in [2.24, 2.45) is 0 Å². The van der Waals surface area contributed by atoms with E-state index in [-0.39, 0.29) is 6.54 Å². The fraction of sp³-hybridized carbons (Fsp3) is 0.500. The van der Waals surface area contributed by atoms with E-state index in [4.69, 9.17) is 9.47 Å². The summed E-state index contributed by atoms with van der Waals surface area (Å²) < 4.78 is 9.95. The Hall–Kier alpha value is -2.04. The van der Waals surface area contributed by atoms with Crippen LogP contribution in [0.5, 0.6) is 0 Å². The van der Waals surface area contributed by atoms with Crippen molar-refractivity contribution < 1.29 is 19.1 Å². The van der Waals surface area contributed by atoms with Crippen molar-refractivity contribution in [1.29, 1.82) is 0 Å². The number of hydrogen-bond acceptors (Lipinski definition) is 4. The van der Waals surface area contributed by atoms with Crippen molar-refractivity contribution in [2.75, 3.05) is 13.7 Å². The van der Waals surface area contributed by atoms with Crippen LogP contribution in [0.3, 0.4) is 0 Å². The first-order valence-corrected chi connectivity index (χ1v) is 6.84. The summed E-state index contributed by atoms with van der Waals surface area (Å²) in [6.45, 7) is 7.44. The van der Waals surface area contributed by atoms with Crippen LogP contribution in [-0.4, -0.2) is 31.3 Å². The molecule has 5 nitrogen and oxygen atoms in total. The topological polar surface area (TPSA) is 64.6 Å². The zero-order valence-corrected chi connectivity index (χ0v) is 13.2. The third kappa shape index (κ3) is 5.85. The number of nitrogens with one attached hydrogen (secondary N) is 1. The Morgan fingerprint density at radius 2 is 1.76 bits per heavy atom. The number of carbonyl (C=O) groups excluding carboxylic acids is 2. The molecule has 0 heterocycles. The van der Waals surface area contributed by atoms with Crippen LogP contribution in [0.15, 0.2) is 24.3 Å². The van der Waals surface area contributed by atoms with Crippen LogP contribution in [0.4, 0.5) is 4.79 Å². The first kappa shape index (κ1) is 17.0. The van der Waals surface area contributed by atoms with Crippen LogP contribution >= 0.6 is 0 Å². The van der Waals surface area contributed by atoms with E-state index in [0.29, 0.717) is 0 Å². The number of alkyl carbamates (subject to hydrolysis) is 1. The van der Waals surface area contributed by atoms with Gasteiger partial charge in [-0.25, -0.2) is 4.79 Å². The van der Waals surface area contributed by atoms with Gasteiger partial charge in [0.25, 0.3) is 0 Å². The van der Waals surface area contributed by atoms with Gasteiger partial charge in [0.05, 0.1) is 13.0 Å². The number of esters is 1. The van der Waals surface area contributed by atoms with E-state index in [0.717, 1.165) is 11.1 Å². The molecule has 1 atom stereocenters. The number of carbonyl (C=O) groups is 2. The second-order valence-corrected chi connectivity index (χ2v) is 5.87. The summed E-state index contributed by atoms with van der Waals surface area (Å²) >= 11 is 0. The van der Waals surface area contributed by atoms with E-state index in [1.165, 1.54) is 7.11 Å². The van der Waals surface area contributed by atoms with Gasteiger partial charge in [0, 0.05) is 6.54 Å². The maximum Gasteiger partial charge on any atom is 0.407 e. The summed E-state index contributed by atoms with van der Waals surface area (Å²) in [7, 11) is 1.33. The smallest absolute Gasteiger partial charge is 0.407 e. The number of rotatable bonds is 4. The van der Waals surface area contributed by atoms with Gasteiger partial charge >= 0.3 is 12.1 Å². The van der Waals surface area contributed by atoms with Crippen LogP contribution in [0.1, 0.15) is 37.8 Å². The van der Waals surface area contributed by atoms with Crippen LogP contribution in [0, 0.1) is 6.92 Å². The number of benzene rings is 1. The average Bonchev–Trinajstić information content (AvgIpc) is 2.38. The van der Waals surface area contributed by atoms with Gasteiger partial charge in [0.2, 0.25) is 0 Å². The summed E-state index contributed by atoms with van der Waals surface area (Å²) in [6, 6.07) is 7.54. The molecule has 0 radical (unpaired) electrons. The highest BCUT2D eigenvalue weighted by atomic mass is 16.6. The molecule has 1 rings (SSSR count). The first-order chi connectivity index (χ1) is 9.73. The summed E-state index contributed by atoms with van der Waals surface area (Å²) in [6.07, 6.45) is -0.552. The van der Waals surface area contributed by atoms with E-state index in [1.807, 2.05) is 31.2 Å². The summed E-state index contributed by atoms with van der Waals surface area (Å²) in [5.41, 5.74) is 1.32. The average molecular weight is 293 g/mol. The minimum absolute atomic E-state index is 0.130. The number of ether oxygens (including phenoxy) is 2. The molecule has 0 aliphatic heterocycles. The van der Waals surface area contributed by atoms with Crippen molar-refractivity contribution in [3.63, 3.8) is 0 Å². The molecule has 0 fully saturated rings. The van der Waals surface area contributed by atoms with E-state index in [1.54, 1.807) is 20.8 Å². The molecule has 21 heavy (non-hydrogen) atoms. The SMILES string of the molecule is COC(=O)C(CNC(=O)OC(C)(C)C)c1ccc(C)cc1. The minimum atomic E-state index is -0.575. The van der Waals surface area contributed by atoms with Gasteiger partial charge in [-0.2, -0.15) is 0 Å². The van der Waals surface area contributed by atoms with Gasteiger partial charge in [-0.3, -0.25) is 4.79 Å². The van der Waals surface area contributed by atoms with Gasteiger partial charge in [0.1, 0.15) is 5.60 Å². The lowest BCUT2D eigenvalue weighted by Crippen LogP contribution is -2.36. The Kier molecular flexibility index (Phi) is 5.76. The van der Waals surface area contributed by atoms with Crippen LogP contribution in [0.25, 0.3) is 0 Å². The Bertz CT molecular complexity index is 488. The molecule has 0 spiro atoms. The van der Waals surface area contributed by atoms with Gasteiger partial charge in [-0.15, -0.1) is 0 Å². The van der Waals surface area contributed by atoms with Crippen molar-refractivity contribution >= 4 is 12.1 Å². The predicted molar refractivity (Wildman–Crippen MR) is 80.2 cm³/mol. The highest BCUT2D eigenvalue weighted by molar-refractivity contribution is 5.79. The van der Waals surface area contributed by atoms with Gasteiger partial charge in [-0.1, -0.05) is 29.8 Å². The van der Waals surface area contributed by atoms with Gasteiger partial charge in [0.15, 0.2) is 0 Å². The largest absolute Gasteiger partial charge is 0.468 e. The van der Waals surface area contributed by atoms with Gasteiger partial charge < -0.3 is 14.8 Å². The molecule has 1 amide bonds. The molecule has 1 aromatic carbocycles. The van der Waals surface area contributed by atoms with Crippen molar-refractivity contribution in [1.82, 2.24) is 5.32 Å². The second-order valence-electron chi connectivity index (χ2n) is 5.87. The van der Waals surface area contributed by atoms with Crippen LogP contribution in [-0.2, 0) is 14.3 Å². The van der Waals surface area contributed by atoms with Crippen LogP contribution in [0.2, 0.25) is 0 Å². The Balaban J connectivity index is 2.74. The lowest BCUT2D eigenvalue weighted by Gasteiger charge is -2.21. The van der Waals surface area contributed by atoms with Gasteiger partial charge in [-0.05, 0) is 33.3 Å². The van der Waals surface area contributed by atoms with E-state index in [9.17, 15) is 9.59 Å². The maximum absolute atomic E-state index is 11.9. The molecule has 0 saturated carbocycles. The summed E-state index contributed by atoms with van der Waals surface area (Å²) in [4.78, 5) is 23.6. The lowest BCUT2D eigenvalue weighted by atomic mass is 9.98. The highest BCUT2D eigenvalue weighted by Gasteiger charge is 2.23. The number of methoxy groups -OCH3 is 1. The zero-order valence-electron chi connectivity index (χ0n) is 13.2. The third-order valence-corrected chi connectivity index (χ3v) is 2.81. The predicted octanol–water partition coefficient (Wildman–Crippen LogP) is 2.78. The minimum Gasteiger partial charge on any atom is -0.468 e. The van der Waals surface area contributed by atoms with E-state index >= 15 is 0 Å². The second kappa shape index (κ2) is 7.11. The lowest BCUT2D eigenvalue weighted by molar-refractivity contribution is -0.142. The molecule has 1 aromatic rings. The zero-order chi connectivity index (χ0) is 16.0. The Labute approximate surface area is 125 Å². The van der Waals surface area contributed by atoms with Crippen molar-refractivity contribution in [2.45, 2.75) is 39.2 Å². The monoisotopic (exact) mass is 293 g/mol. The molecule has 0 aromatic heterocycles. The van der Waals surface area contributed by atoms with E-state index in [2.05, 4.69) is 5.32 Å². The fourth-order valence-corrected chi connectivity index (χ4v) is 1.78. The number of hydrogen-bond donors (Lipinski definition) is 1. The molecule has 0 aliphatic carbocycles. The molecule has 0 saturated heterocycles. The standard InChI is InChI=1S/C16H23NO4/c1-11-6-8-12(9-7-11)13(14(18)20-5)10-17-15(19)21-16(2,3)4/h6-9,13H,10H2,1-5H3,(H,17,19). The number of aryl methyl sites for hydroxylation is 1. The fourth-order valence-electron chi connectivity index (χ4n) is 1.78. The Morgan fingerprint density at radius 3 is 2.24 bits per heavy atom. The molecular weight excluding hydrogens is 270 g/mol. The quantitative estimate of drug-likeness (QED) is 0.867. The molecule has 116 valence electrons. The molecular formula is C16H23NO4. The first-order valence-electron chi connectivity index (χ1n) is 6.84. The summed E-state index contributed by atoms with van der Waals surface area (Å²) in [5, 5.41) is 2.61. The van der Waals surface area contributed by atoms with Crippen LogP contribution < -0.4 is 5.32 Å². The third-order valence-electron chi connectivity index (χ3n) is 2.81. The molecule has 1 unspecified atom stereocenters. The molecule has 0 bridgehead atoms. The number of amides is 1. The normalized spacial score (nSPS) is 12.4.